The molecule has 0 amide bonds. The summed E-state index contributed by atoms with van der Waals surface area (Å²) in [5.74, 6) is 0. The molecule has 0 aromatic heterocycles. The van der Waals surface area contributed by atoms with Gasteiger partial charge in [0.2, 0.25) is 0 Å². The molecule has 0 radical (unpaired) electrons. The van der Waals surface area contributed by atoms with E-state index in [0.717, 1.165) is 18.4 Å². The quantitative estimate of drug-likeness (QED) is 0.762. The molecule has 0 saturated carbocycles. The maximum absolute atomic E-state index is 9.88. The van der Waals surface area contributed by atoms with Gasteiger partial charge in [0, 0.05) is 10.1 Å². The maximum Gasteiger partial charge on any atom is 0.0798 e. The summed E-state index contributed by atoms with van der Waals surface area (Å²) in [7, 11) is 0. The van der Waals surface area contributed by atoms with Crippen molar-refractivity contribution in [2.24, 2.45) is 0 Å². The van der Waals surface area contributed by atoms with Gasteiger partial charge in [-0.25, -0.2) is 0 Å². The maximum atomic E-state index is 9.88. The first-order valence-corrected chi connectivity index (χ1v) is 6.50. The number of aliphatic hydroxyl groups excluding tert-OH is 1. The molecule has 1 aromatic rings. The lowest BCUT2D eigenvalue weighted by Crippen LogP contribution is -2.00. The summed E-state index contributed by atoms with van der Waals surface area (Å²) >= 11 is 1.85. The topological polar surface area (TPSA) is 20.2 Å². The van der Waals surface area contributed by atoms with Crippen molar-refractivity contribution in [2.45, 2.75) is 49.9 Å². The number of aliphatic hydroxyl groups is 1. The highest BCUT2D eigenvalue weighted by Crippen LogP contribution is 2.32. The Balaban J connectivity index is 2.86. The highest BCUT2D eigenvalue weighted by molar-refractivity contribution is 8.00. The molecule has 2 heteroatoms. The molecule has 1 N–H and O–H groups in total. The molecule has 1 rings (SSSR count). The first-order chi connectivity index (χ1) is 7.19. The molecule has 15 heavy (non-hydrogen) atoms. The summed E-state index contributed by atoms with van der Waals surface area (Å²) in [6.45, 7) is 6.42. The fourth-order valence-electron chi connectivity index (χ4n) is 1.38. The van der Waals surface area contributed by atoms with Gasteiger partial charge in [-0.2, -0.15) is 0 Å². The van der Waals surface area contributed by atoms with Crippen molar-refractivity contribution in [3.05, 3.63) is 29.8 Å². The van der Waals surface area contributed by atoms with Gasteiger partial charge in [0.1, 0.15) is 0 Å². The summed E-state index contributed by atoms with van der Waals surface area (Å²) in [6.07, 6.45) is 1.61. The van der Waals surface area contributed by atoms with Crippen LogP contribution < -0.4 is 0 Å². The van der Waals surface area contributed by atoms with Crippen molar-refractivity contribution in [2.75, 3.05) is 0 Å². The molecule has 1 unspecified atom stereocenters. The van der Waals surface area contributed by atoms with E-state index in [1.165, 1.54) is 4.90 Å². The van der Waals surface area contributed by atoms with Crippen LogP contribution in [-0.2, 0) is 0 Å². The van der Waals surface area contributed by atoms with Crippen LogP contribution >= 0.6 is 11.8 Å². The summed E-state index contributed by atoms with van der Waals surface area (Å²) < 4.78 is 0. The van der Waals surface area contributed by atoms with Crippen LogP contribution in [0.25, 0.3) is 0 Å². The molecule has 0 heterocycles. The Morgan fingerprint density at radius 3 is 2.47 bits per heavy atom. The molecule has 0 aliphatic heterocycles. The molecular formula is C13H20OS. The highest BCUT2D eigenvalue weighted by Gasteiger charge is 2.11. The molecular weight excluding hydrogens is 204 g/mol. The van der Waals surface area contributed by atoms with Gasteiger partial charge in [0.25, 0.3) is 0 Å². The average Bonchev–Trinajstić information content (AvgIpc) is 2.28. The monoisotopic (exact) mass is 224 g/mol. The van der Waals surface area contributed by atoms with Gasteiger partial charge in [-0.05, 0) is 24.5 Å². The predicted octanol–water partition coefficient (Wildman–Crippen LogP) is 4.02. The molecule has 2 atom stereocenters. The van der Waals surface area contributed by atoms with Gasteiger partial charge in [-0.15, -0.1) is 11.8 Å². The van der Waals surface area contributed by atoms with Crippen molar-refractivity contribution in [3.63, 3.8) is 0 Å². The molecule has 0 bridgehead atoms. The van der Waals surface area contributed by atoms with E-state index in [0.29, 0.717) is 5.25 Å². The van der Waals surface area contributed by atoms with Gasteiger partial charge in [0.15, 0.2) is 0 Å². The molecule has 0 saturated heterocycles. The van der Waals surface area contributed by atoms with Crippen LogP contribution in [0.2, 0.25) is 0 Å². The van der Waals surface area contributed by atoms with Gasteiger partial charge < -0.3 is 5.11 Å². The number of rotatable bonds is 5. The zero-order chi connectivity index (χ0) is 11.3. The number of benzene rings is 1. The van der Waals surface area contributed by atoms with Crippen molar-refractivity contribution in [1.82, 2.24) is 0 Å². The Bertz CT molecular complexity index is 298. The number of hydrogen-bond donors (Lipinski definition) is 1. The van der Waals surface area contributed by atoms with E-state index in [9.17, 15) is 5.11 Å². The Labute approximate surface area is 96.9 Å². The van der Waals surface area contributed by atoms with E-state index in [4.69, 9.17) is 0 Å². The molecule has 0 spiro atoms. The summed E-state index contributed by atoms with van der Waals surface area (Å²) in [6, 6.07) is 8.16. The van der Waals surface area contributed by atoms with E-state index >= 15 is 0 Å². The lowest BCUT2D eigenvalue weighted by atomic mass is 10.1. The molecule has 1 aromatic carbocycles. The smallest absolute Gasteiger partial charge is 0.0798 e. The third-order valence-electron chi connectivity index (χ3n) is 2.57. The van der Waals surface area contributed by atoms with Gasteiger partial charge in [-0.3, -0.25) is 0 Å². The van der Waals surface area contributed by atoms with Crippen molar-refractivity contribution < 1.29 is 5.11 Å². The van der Waals surface area contributed by atoms with Crippen LogP contribution in [0.1, 0.15) is 45.3 Å². The van der Waals surface area contributed by atoms with E-state index in [1.54, 1.807) is 0 Å². The van der Waals surface area contributed by atoms with E-state index in [-0.39, 0.29) is 6.10 Å². The van der Waals surface area contributed by atoms with Crippen LogP contribution in [0.15, 0.2) is 29.2 Å². The molecule has 0 fully saturated rings. The number of hydrogen-bond acceptors (Lipinski definition) is 2. The summed E-state index contributed by atoms with van der Waals surface area (Å²) in [5, 5.41) is 10.5. The minimum absolute atomic E-state index is 0.322. The lowest BCUT2D eigenvalue weighted by molar-refractivity contribution is 0.171. The third kappa shape index (κ3) is 3.54. The van der Waals surface area contributed by atoms with Crippen molar-refractivity contribution >= 4 is 11.8 Å². The van der Waals surface area contributed by atoms with E-state index < -0.39 is 0 Å². The molecule has 0 aliphatic carbocycles. The van der Waals surface area contributed by atoms with Crippen LogP contribution in [0.4, 0.5) is 0 Å². The normalized spacial score (nSPS) is 14.9. The Morgan fingerprint density at radius 1 is 1.20 bits per heavy atom. The van der Waals surface area contributed by atoms with Crippen LogP contribution in [0.5, 0.6) is 0 Å². The van der Waals surface area contributed by atoms with Crippen molar-refractivity contribution in [1.29, 1.82) is 0 Å². The zero-order valence-corrected chi connectivity index (χ0v) is 10.6. The largest absolute Gasteiger partial charge is 0.388 e. The first-order valence-electron chi connectivity index (χ1n) is 5.62. The van der Waals surface area contributed by atoms with Crippen LogP contribution in [-0.4, -0.2) is 10.4 Å². The Morgan fingerprint density at radius 2 is 1.87 bits per heavy atom. The zero-order valence-electron chi connectivity index (χ0n) is 9.73. The fraction of sp³-hybridized carbons (Fsp3) is 0.538. The molecule has 0 aliphatic rings. The fourth-order valence-corrected chi connectivity index (χ4v) is 2.48. The van der Waals surface area contributed by atoms with E-state index in [2.05, 4.69) is 19.9 Å². The SMILES string of the molecule is CCC(C)Sc1ccccc1[C@H](O)CC. The van der Waals surface area contributed by atoms with Gasteiger partial charge in [0.05, 0.1) is 6.10 Å². The standard InChI is InChI=1S/C13H20OS/c1-4-10(3)15-13-9-7-6-8-11(13)12(14)5-2/h6-10,12,14H,4-5H2,1-3H3/t10?,12-/m1/s1. The van der Waals surface area contributed by atoms with Crippen LogP contribution in [0.3, 0.4) is 0 Å². The second-order valence-corrected chi connectivity index (χ2v) is 5.28. The molecule has 1 nitrogen and oxygen atoms in total. The van der Waals surface area contributed by atoms with Crippen LogP contribution in [0, 0.1) is 0 Å². The Hall–Kier alpha value is -0.470. The second-order valence-electron chi connectivity index (χ2n) is 3.80. The first kappa shape index (κ1) is 12.6. The average molecular weight is 224 g/mol. The van der Waals surface area contributed by atoms with E-state index in [1.807, 2.05) is 36.9 Å². The number of thioether (sulfide) groups is 1. The lowest BCUT2D eigenvalue weighted by Gasteiger charge is -2.16. The van der Waals surface area contributed by atoms with Crippen molar-refractivity contribution in [3.8, 4) is 0 Å². The minimum atomic E-state index is -0.322. The molecule has 84 valence electrons. The third-order valence-corrected chi connectivity index (χ3v) is 3.93. The Kier molecular flexibility index (Phi) is 5.20. The van der Waals surface area contributed by atoms with Gasteiger partial charge >= 0.3 is 0 Å². The summed E-state index contributed by atoms with van der Waals surface area (Å²) in [5.41, 5.74) is 1.07. The van der Waals surface area contributed by atoms with Gasteiger partial charge in [-0.1, -0.05) is 39.0 Å². The minimum Gasteiger partial charge on any atom is -0.388 e. The summed E-state index contributed by atoms with van der Waals surface area (Å²) in [4.78, 5) is 1.22. The highest BCUT2D eigenvalue weighted by atomic mass is 32.2. The predicted molar refractivity (Wildman–Crippen MR) is 67.3 cm³/mol. The second kappa shape index (κ2) is 6.19.